The lowest BCUT2D eigenvalue weighted by atomic mass is 10.0. The van der Waals surface area contributed by atoms with Gasteiger partial charge in [0.25, 0.3) is 0 Å². The molecule has 0 fully saturated rings. The topological polar surface area (TPSA) is 56.5 Å². The Labute approximate surface area is 127 Å². The number of benzene rings is 2. The van der Waals surface area contributed by atoms with Crippen molar-refractivity contribution >= 4 is 16.9 Å². The molecule has 1 aromatic heterocycles. The first-order valence-electron chi connectivity index (χ1n) is 6.85. The summed E-state index contributed by atoms with van der Waals surface area (Å²) in [5, 5.41) is 0.453. The van der Waals surface area contributed by atoms with E-state index in [-0.39, 0.29) is 5.43 Å². The number of carbonyl (C=O) groups is 1. The fourth-order valence-corrected chi connectivity index (χ4v) is 2.27. The Hall–Kier alpha value is -2.88. The zero-order chi connectivity index (χ0) is 15.7. The second-order valence-corrected chi connectivity index (χ2v) is 5.10. The first kappa shape index (κ1) is 14.1. The van der Waals surface area contributed by atoms with Gasteiger partial charge in [0.05, 0.1) is 10.9 Å². The van der Waals surface area contributed by atoms with E-state index in [4.69, 9.17) is 9.15 Å². The third-order valence-electron chi connectivity index (χ3n) is 3.37. The molecular formula is C18H14O4. The molecule has 4 nitrogen and oxygen atoms in total. The molecule has 0 N–H and O–H groups in total. The van der Waals surface area contributed by atoms with Crippen LogP contribution in [0.5, 0.6) is 5.75 Å². The van der Waals surface area contributed by atoms with E-state index in [1.165, 1.54) is 19.3 Å². The van der Waals surface area contributed by atoms with Crippen LogP contribution in [0.4, 0.5) is 0 Å². The van der Waals surface area contributed by atoms with Gasteiger partial charge in [-0.25, -0.2) is 0 Å². The Balaban J connectivity index is 2.12. The van der Waals surface area contributed by atoms with Crippen LogP contribution in [0, 0.1) is 6.92 Å². The minimum absolute atomic E-state index is 0.112. The molecule has 0 aliphatic rings. The van der Waals surface area contributed by atoms with Crippen LogP contribution in [-0.2, 0) is 4.79 Å². The number of esters is 1. The Bertz CT molecular complexity index is 905. The van der Waals surface area contributed by atoms with Crippen molar-refractivity contribution < 1.29 is 13.9 Å². The van der Waals surface area contributed by atoms with Crippen molar-refractivity contribution in [2.24, 2.45) is 0 Å². The van der Waals surface area contributed by atoms with Gasteiger partial charge >= 0.3 is 5.97 Å². The fraction of sp³-hybridized carbons (Fsp3) is 0.111. The average molecular weight is 294 g/mol. The Morgan fingerprint density at radius 2 is 1.82 bits per heavy atom. The van der Waals surface area contributed by atoms with Crippen LogP contribution in [0.2, 0.25) is 0 Å². The molecule has 0 radical (unpaired) electrons. The molecular weight excluding hydrogens is 280 g/mol. The first-order valence-corrected chi connectivity index (χ1v) is 6.85. The lowest BCUT2D eigenvalue weighted by molar-refractivity contribution is -0.131. The predicted molar refractivity (Wildman–Crippen MR) is 84.0 cm³/mol. The summed E-state index contributed by atoms with van der Waals surface area (Å²) in [4.78, 5) is 23.5. The fourth-order valence-electron chi connectivity index (χ4n) is 2.27. The molecule has 3 aromatic rings. The zero-order valence-electron chi connectivity index (χ0n) is 12.3. The van der Waals surface area contributed by atoms with E-state index in [1.54, 1.807) is 12.1 Å². The van der Waals surface area contributed by atoms with E-state index in [0.29, 0.717) is 22.3 Å². The van der Waals surface area contributed by atoms with Crippen molar-refractivity contribution in [2.75, 3.05) is 0 Å². The number of hydrogen-bond acceptors (Lipinski definition) is 4. The van der Waals surface area contributed by atoms with Crippen molar-refractivity contribution in [3.63, 3.8) is 0 Å². The number of ether oxygens (including phenoxy) is 1. The lowest BCUT2D eigenvalue weighted by Gasteiger charge is -2.05. The van der Waals surface area contributed by atoms with E-state index in [1.807, 2.05) is 31.2 Å². The summed E-state index contributed by atoms with van der Waals surface area (Å²) in [6.07, 6.45) is 1.44. The largest absolute Gasteiger partial charge is 0.463 e. The van der Waals surface area contributed by atoms with Gasteiger partial charge in [0.2, 0.25) is 0 Å². The molecule has 0 atom stereocenters. The molecule has 0 amide bonds. The van der Waals surface area contributed by atoms with Crippen LogP contribution >= 0.6 is 0 Å². The highest BCUT2D eigenvalue weighted by atomic mass is 16.5. The summed E-state index contributed by atoms with van der Waals surface area (Å²) >= 11 is 0. The molecule has 110 valence electrons. The summed E-state index contributed by atoms with van der Waals surface area (Å²) in [7, 11) is 0. The summed E-state index contributed by atoms with van der Waals surface area (Å²) in [5.74, 6) is -0.0655. The van der Waals surface area contributed by atoms with Crippen molar-refractivity contribution in [1.29, 1.82) is 0 Å². The molecule has 4 heteroatoms. The third kappa shape index (κ3) is 2.63. The third-order valence-corrected chi connectivity index (χ3v) is 3.37. The predicted octanol–water partition coefficient (Wildman–Crippen LogP) is 3.69. The van der Waals surface area contributed by atoms with Crippen LogP contribution in [0.3, 0.4) is 0 Å². The highest BCUT2D eigenvalue weighted by Crippen LogP contribution is 2.23. The highest BCUT2D eigenvalue weighted by molar-refractivity contribution is 5.83. The molecule has 2 aromatic carbocycles. The summed E-state index contributed by atoms with van der Waals surface area (Å²) in [6.45, 7) is 3.31. The molecule has 1 heterocycles. The molecule has 0 unspecified atom stereocenters. The molecule has 22 heavy (non-hydrogen) atoms. The van der Waals surface area contributed by atoms with Crippen LogP contribution in [-0.4, -0.2) is 5.97 Å². The molecule has 3 rings (SSSR count). The maximum absolute atomic E-state index is 12.6. The number of aryl methyl sites for hydroxylation is 1. The number of rotatable bonds is 2. The van der Waals surface area contributed by atoms with E-state index < -0.39 is 5.97 Å². The quantitative estimate of drug-likeness (QED) is 0.534. The monoisotopic (exact) mass is 294 g/mol. The van der Waals surface area contributed by atoms with Crippen LogP contribution in [0.15, 0.2) is 57.9 Å². The molecule has 0 saturated heterocycles. The Morgan fingerprint density at radius 3 is 2.50 bits per heavy atom. The smallest absolute Gasteiger partial charge is 0.308 e. The minimum atomic E-state index is -0.419. The summed E-state index contributed by atoms with van der Waals surface area (Å²) in [6, 6.07) is 12.4. The van der Waals surface area contributed by atoms with Gasteiger partial charge in [-0.3, -0.25) is 9.59 Å². The minimum Gasteiger partial charge on any atom is -0.463 e. The van der Waals surface area contributed by atoms with Crippen LogP contribution in [0.25, 0.3) is 22.1 Å². The van der Waals surface area contributed by atoms with E-state index in [0.717, 1.165) is 11.1 Å². The van der Waals surface area contributed by atoms with E-state index in [9.17, 15) is 9.59 Å². The normalized spacial score (nSPS) is 10.6. The summed E-state index contributed by atoms with van der Waals surface area (Å²) in [5.41, 5.74) is 2.72. The van der Waals surface area contributed by atoms with Crippen molar-refractivity contribution in [2.45, 2.75) is 13.8 Å². The second kappa shape index (κ2) is 5.48. The van der Waals surface area contributed by atoms with Crippen LogP contribution < -0.4 is 10.2 Å². The standard InChI is InChI=1S/C18H14O4/c1-11-3-5-13(6-4-11)16-10-21-17-9-14(22-12(2)19)7-8-15(17)18(16)20/h3-10H,1-2H3. The maximum Gasteiger partial charge on any atom is 0.308 e. The Kier molecular flexibility index (Phi) is 3.51. The van der Waals surface area contributed by atoms with Crippen LogP contribution in [0.1, 0.15) is 12.5 Å². The van der Waals surface area contributed by atoms with Gasteiger partial charge in [0.15, 0.2) is 5.43 Å². The van der Waals surface area contributed by atoms with Gasteiger partial charge in [-0.05, 0) is 24.6 Å². The molecule has 0 bridgehead atoms. The van der Waals surface area contributed by atoms with E-state index >= 15 is 0 Å². The van der Waals surface area contributed by atoms with Crippen molar-refractivity contribution in [1.82, 2.24) is 0 Å². The molecule has 0 aliphatic heterocycles. The van der Waals surface area contributed by atoms with Crippen molar-refractivity contribution in [3.05, 3.63) is 64.5 Å². The number of fused-ring (bicyclic) bond motifs is 1. The van der Waals surface area contributed by atoms with Gasteiger partial charge in [-0.2, -0.15) is 0 Å². The molecule has 0 aliphatic carbocycles. The highest BCUT2D eigenvalue weighted by Gasteiger charge is 2.10. The van der Waals surface area contributed by atoms with Gasteiger partial charge in [0.1, 0.15) is 17.6 Å². The van der Waals surface area contributed by atoms with Crippen molar-refractivity contribution in [3.8, 4) is 16.9 Å². The van der Waals surface area contributed by atoms with Gasteiger partial charge < -0.3 is 9.15 Å². The first-order chi connectivity index (χ1) is 10.5. The van der Waals surface area contributed by atoms with Gasteiger partial charge in [0, 0.05) is 13.0 Å². The SMILES string of the molecule is CC(=O)Oc1ccc2c(=O)c(-c3ccc(C)cc3)coc2c1. The molecule has 0 spiro atoms. The maximum atomic E-state index is 12.6. The number of hydrogen-bond donors (Lipinski definition) is 0. The second-order valence-electron chi connectivity index (χ2n) is 5.10. The van der Waals surface area contributed by atoms with E-state index in [2.05, 4.69) is 0 Å². The zero-order valence-corrected chi connectivity index (χ0v) is 12.3. The lowest BCUT2D eigenvalue weighted by Crippen LogP contribution is -2.06. The molecule has 0 saturated carbocycles. The Morgan fingerprint density at radius 1 is 1.09 bits per heavy atom. The van der Waals surface area contributed by atoms with Gasteiger partial charge in [-0.15, -0.1) is 0 Å². The number of carbonyl (C=O) groups excluding carboxylic acids is 1. The summed E-state index contributed by atoms with van der Waals surface area (Å²) < 4.78 is 10.5. The van der Waals surface area contributed by atoms with Gasteiger partial charge in [-0.1, -0.05) is 29.8 Å². The average Bonchev–Trinajstić information content (AvgIpc) is 2.48.